The fraction of sp³-hybridized carbons (Fsp3) is 0.381. The van der Waals surface area contributed by atoms with E-state index >= 15 is 0 Å². The van der Waals surface area contributed by atoms with Crippen LogP contribution >= 0.6 is 11.3 Å². The molecule has 0 bridgehead atoms. The van der Waals surface area contributed by atoms with E-state index in [9.17, 15) is 9.59 Å². The van der Waals surface area contributed by atoms with Crippen LogP contribution in [0.2, 0.25) is 0 Å². The molecule has 156 valence electrons. The Hall–Kier alpha value is -2.87. The minimum absolute atomic E-state index is 0.0477. The highest BCUT2D eigenvalue weighted by Gasteiger charge is 2.13. The Morgan fingerprint density at radius 1 is 1.14 bits per heavy atom. The number of thiophene rings is 1. The van der Waals surface area contributed by atoms with Gasteiger partial charge >= 0.3 is 0 Å². The van der Waals surface area contributed by atoms with Crippen LogP contribution in [0.25, 0.3) is 0 Å². The Morgan fingerprint density at radius 3 is 2.59 bits per heavy atom. The van der Waals surface area contributed by atoms with E-state index < -0.39 is 0 Å². The molecule has 0 aliphatic rings. The van der Waals surface area contributed by atoms with Crippen LogP contribution in [0.15, 0.2) is 40.8 Å². The molecule has 0 saturated heterocycles. The zero-order valence-electron chi connectivity index (χ0n) is 17.0. The van der Waals surface area contributed by atoms with Gasteiger partial charge in [-0.1, -0.05) is 6.07 Å². The summed E-state index contributed by atoms with van der Waals surface area (Å²) in [5, 5.41) is 5.93. The van der Waals surface area contributed by atoms with Crippen molar-refractivity contribution in [3.63, 3.8) is 0 Å². The molecule has 1 aromatic heterocycles. The fourth-order valence-electron chi connectivity index (χ4n) is 2.59. The van der Waals surface area contributed by atoms with Gasteiger partial charge in [-0.15, -0.1) is 11.3 Å². The molecule has 0 unspecified atom stereocenters. The monoisotopic (exact) mass is 417 g/mol. The lowest BCUT2D eigenvalue weighted by Crippen LogP contribution is -2.34. The molecule has 2 aromatic rings. The SMILES string of the molecule is CCOc1cc(/C=N\NC(=O)Cc2cccs2)ccc1OCC(=O)N(CC)CC. The molecule has 1 N–H and O–H groups in total. The van der Waals surface area contributed by atoms with Crippen molar-refractivity contribution < 1.29 is 19.1 Å². The summed E-state index contributed by atoms with van der Waals surface area (Å²) in [7, 11) is 0. The quantitative estimate of drug-likeness (QED) is 0.450. The van der Waals surface area contributed by atoms with Gasteiger partial charge in [0, 0.05) is 18.0 Å². The number of hydrogen-bond donors (Lipinski definition) is 1. The number of hydrogen-bond acceptors (Lipinski definition) is 6. The van der Waals surface area contributed by atoms with E-state index in [1.54, 1.807) is 29.3 Å². The maximum absolute atomic E-state index is 12.1. The van der Waals surface area contributed by atoms with Crippen molar-refractivity contribution in [1.29, 1.82) is 0 Å². The summed E-state index contributed by atoms with van der Waals surface area (Å²) >= 11 is 1.53. The molecule has 0 atom stereocenters. The molecule has 0 saturated carbocycles. The highest BCUT2D eigenvalue weighted by Crippen LogP contribution is 2.28. The minimum Gasteiger partial charge on any atom is -0.490 e. The Balaban J connectivity index is 1.96. The predicted molar refractivity (Wildman–Crippen MR) is 115 cm³/mol. The van der Waals surface area contributed by atoms with E-state index in [2.05, 4.69) is 10.5 Å². The molecule has 7 nitrogen and oxygen atoms in total. The molecule has 0 aliphatic carbocycles. The molecule has 1 aromatic carbocycles. The first-order chi connectivity index (χ1) is 14.1. The van der Waals surface area contributed by atoms with E-state index in [1.807, 2.05) is 38.3 Å². The van der Waals surface area contributed by atoms with Gasteiger partial charge in [0.05, 0.1) is 19.2 Å². The summed E-state index contributed by atoms with van der Waals surface area (Å²) < 4.78 is 11.3. The lowest BCUT2D eigenvalue weighted by atomic mass is 10.2. The van der Waals surface area contributed by atoms with Crippen LogP contribution in [0, 0.1) is 0 Å². The average molecular weight is 418 g/mol. The molecule has 0 spiro atoms. The number of nitrogens with zero attached hydrogens (tertiary/aromatic N) is 2. The lowest BCUT2D eigenvalue weighted by molar-refractivity contribution is -0.133. The van der Waals surface area contributed by atoms with Crippen molar-refractivity contribution in [3.05, 3.63) is 46.2 Å². The number of benzene rings is 1. The Labute approximate surface area is 175 Å². The standard InChI is InChI=1S/C21H27N3O4S/c1-4-24(5-2)21(26)15-28-18-10-9-16(12-19(18)27-6-3)14-22-23-20(25)13-17-8-7-11-29-17/h7-12,14H,4-6,13,15H2,1-3H3,(H,23,25)/b22-14-. The van der Waals surface area contributed by atoms with Crippen LogP contribution in [-0.4, -0.2) is 49.2 Å². The first-order valence-corrected chi connectivity index (χ1v) is 10.5. The maximum Gasteiger partial charge on any atom is 0.260 e. The van der Waals surface area contributed by atoms with E-state index in [4.69, 9.17) is 9.47 Å². The van der Waals surface area contributed by atoms with Crippen LogP contribution < -0.4 is 14.9 Å². The summed E-state index contributed by atoms with van der Waals surface area (Å²) in [6.07, 6.45) is 1.84. The molecule has 0 aliphatic heterocycles. The first kappa shape index (κ1) is 22.4. The molecule has 0 fully saturated rings. The van der Waals surface area contributed by atoms with Gasteiger partial charge in [0.2, 0.25) is 5.91 Å². The molecular formula is C21H27N3O4S. The highest BCUT2D eigenvalue weighted by molar-refractivity contribution is 7.10. The Kier molecular flexibility index (Phi) is 9.17. The van der Waals surface area contributed by atoms with Crippen molar-refractivity contribution in [1.82, 2.24) is 10.3 Å². The van der Waals surface area contributed by atoms with Crippen molar-refractivity contribution >= 4 is 29.4 Å². The van der Waals surface area contributed by atoms with Gasteiger partial charge in [-0.05, 0) is 56.0 Å². The third-order valence-electron chi connectivity index (χ3n) is 4.05. The lowest BCUT2D eigenvalue weighted by Gasteiger charge is -2.19. The molecule has 29 heavy (non-hydrogen) atoms. The predicted octanol–water partition coefficient (Wildman–Crippen LogP) is 3.09. The molecule has 2 rings (SSSR count). The Bertz CT molecular complexity index is 817. The number of amides is 2. The van der Waals surface area contributed by atoms with Crippen molar-refractivity contribution in [3.8, 4) is 11.5 Å². The van der Waals surface area contributed by atoms with Crippen LogP contribution in [-0.2, 0) is 16.0 Å². The summed E-state index contributed by atoms with van der Waals surface area (Å²) in [5.41, 5.74) is 3.26. The summed E-state index contributed by atoms with van der Waals surface area (Å²) in [4.78, 5) is 26.7. The molecule has 0 radical (unpaired) electrons. The van der Waals surface area contributed by atoms with Crippen LogP contribution in [0.5, 0.6) is 11.5 Å². The number of carbonyl (C=O) groups excluding carboxylic acids is 2. The van der Waals surface area contributed by atoms with Crippen LogP contribution in [0.3, 0.4) is 0 Å². The zero-order chi connectivity index (χ0) is 21.1. The molecule has 1 heterocycles. The van der Waals surface area contributed by atoms with Crippen molar-refractivity contribution in [2.45, 2.75) is 27.2 Å². The van der Waals surface area contributed by atoms with E-state index in [1.165, 1.54) is 11.3 Å². The average Bonchev–Trinajstić information content (AvgIpc) is 3.21. The van der Waals surface area contributed by atoms with Gasteiger partial charge in [-0.3, -0.25) is 9.59 Å². The van der Waals surface area contributed by atoms with E-state index in [0.717, 1.165) is 10.4 Å². The maximum atomic E-state index is 12.1. The molecular weight excluding hydrogens is 390 g/mol. The van der Waals surface area contributed by atoms with E-state index in [0.29, 0.717) is 37.6 Å². The molecule has 8 heteroatoms. The number of ether oxygens (including phenoxy) is 2. The number of rotatable bonds is 11. The largest absolute Gasteiger partial charge is 0.490 e. The smallest absolute Gasteiger partial charge is 0.260 e. The zero-order valence-corrected chi connectivity index (χ0v) is 17.8. The number of likely N-dealkylation sites (N-methyl/N-ethyl adjacent to an activating group) is 1. The second-order valence-corrected chi connectivity index (χ2v) is 7.08. The third kappa shape index (κ3) is 7.23. The second kappa shape index (κ2) is 11.9. The van der Waals surface area contributed by atoms with Gasteiger partial charge in [-0.25, -0.2) is 5.43 Å². The summed E-state index contributed by atoms with van der Waals surface area (Å²) in [6, 6.07) is 9.09. The van der Waals surface area contributed by atoms with Gasteiger partial charge in [0.1, 0.15) is 0 Å². The summed E-state index contributed by atoms with van der Waals surface area (Å²) in [5.74, 6) is 0.764. The topological polar surface area (TPSA) is 80.2 Å². The number of nitrogens with one attached hydrogen (secondary N) is 1. The number of carbonyl (C=O) groups is 2. The first-order valence-electron chi connectivity index (χ1n) is 9.59. The van der Waals surface area contributed by atoms with Crippen molar-refractivity contribution in [2.75, 3.05) is 26.3 Å². The minimum atomic E-state index is -0.177. The van der Waals surface area contributed by atoms with E-state index in [-0.39, 0.29) is 18.4 Å². The number of hydrazone groups is 1. The van der Waals surface area contributed by atoms with Gasteiger partial charge in [0.25, 0.3) is 5.91 Å². The van der Waals surface area contributed by atoms with Crippen LogP contribution in [0.4, 0.5) is 0 Å². The molecule has 2 amide bonds. The normalized spacial score (nSPS) is 10.7. The van der Waals surface area contributed by atoms with Gasteiger partial charge in [-0.2, -0.15) is 5.10 Å². The van der Waals surface area contributed by atoms with Crippen LogP contribution in [0.1, 0.15) is 31.2 Å². The van der Waals surface area contributed by atoms with Crippen molar-refractivity contribution in [2.24, 2.45) is 5.10 Å². The Morgan fingerprint density at radius 2 is 1.93 bits per heavy atom. The second-order valence-electron chi connectivity index (χ2n) is 6.04. The van der Waals surface area contributed by atoms with Gasteiger partial charge < -0.3 is 14.4 Å². The van der Waals surface area contributed by atoms with Gasteiger partial charge in [0.15, 0.2) is 18.1 Å². The third-order valence-corrected chi connectivity index (χ3v) is 4.93. The highest BCUT2D eigenvalue weighted by atomic mass is 32.1. The summed E-state index contributed by atoms with van der Waals surface area (Å²) in [6.45, 7) is 7.43. The fourth-order valence-corrected chi connectivity index (χ4v) is 3.29.